The molecule has 0 saturated heterocycles. The normalized spacial score (nSPS) is 27.7. The molecule has 0 bridgehead atoms. The second-order valence-corrected chi connectivity index (χ2v) is 3.33. The Morgan fingerprint density at radius 2 is 1.00 bits per heavy atom. The topological polar surface area (TPSA) is 0 Å². The molecule has 0 heterocycles. The van der Waals surface area contributed by atoms with E-state index in [1.165, 1.54) is 25.7 Å². The van der Waals surface area contributed by atoms with Crippen LogP contribution >= 0.6 is 0 Å². The first-order valence-corrected chi connectivity index (χ1v) is 5.27. The molecule has 0 aromatic rings. The molecule has 1 aliphatic carbocycles. The monoisotopic (exact) mass is 175 g/mol. The summed E-state index contributed by atoms with van der Waals surface area (Å²) in [5, 5.41) is 0. The SMILES string of the molecule is [CH]1C/C=C\CC/C=C\C/C=C\CC1. The maximum absolute atomic E-state index is 2.35. The highest BCUT2D eigenvalue weighted by Gasteiger charge is 1.85. The van der Waals surface area contributed by atoms with Gasteiger partial charge in [-0.2, -0.15) is 0 Å². The molecule has 0 N–H and O–H groups in total. The maximum atomic E-state index is 2.35. The minimum Gasteiger partial charge on any atom is -0.0882 e. The molecule has 0 aromatic heterocycles. The summed E-state index contributed by atoms with van der Waals surface area (Å²) < 4.78 is 0. The molecule has 0 spiro atoms. The zero-order chi connectivity index (χ0) is 9.19. The minimum absolute atomic E-state index is 1.10. The summed E-state index contributed by atoms with van der Waals surface area (Å²) in [7, 11) is 0. The van der Waals surface area contributed by atoms with E-state index < -0.39 is 0 Å². The fraction of sp³-hybridized carbons (Fsp3) is 0.462. The smallest absolute Gasteiger partial charge is 0.0169 e. The Kier molecular flexibility index (Phi) is 6.22. The molecular formula is C13H19. The molecule has 1 aliphatic rings. The Balaban J connectivity index is 2.28. The van der Waals surface area contributed by atoms with Crippen LogP contribution in [-0.2, 0) is 0 Å². The highest BCUT2D eigenvalue weighted by Crippen LogP contribution is 2.04. The van der Waals surface area contributed by atoms with Gasteiger partial charge in [0.1, 0.15) is 0 Å². The Labute approximate surface area is 82.0 Å². The molecule has 0 aliphatic heterocycles. The van der Waals surface area contributed by atoms with Gasteiger partial charge in [-0.25, -0.2) is 0 Å². The van der Waals surface area contributed by atoms with E-state index in [4.69, 9.17) is 0 Å². The van der Waals surface area contributed by atoms with E-state index >= 15 is 0 Å². The molecule has 0 unspecified atom stereocenters. The van der Waals surface area contributed by atoms with E-state index in [0.29, 0.717) is 0 Å². The third-order valence-electron chi connectivity index (χ3n) is 2.11. The van der Waals surface area contributed by atoms with Gasteiger partial charge in [0, 0.05) is 0 Å². The Morgan fingerprint density at radius 3 is 1.69 bits per heavy atom. The van der Waals surface area contributed by atoms with Gasteiger partial charge in [-0.3, -0.25) is 0 Å². The van der Waals surface area contributed by atoms with Crippen molar-refractivity contribution >= 4 is 0 Å². The standard InChI is InChI=1S/C13H19/c1-2-4-6-8-10-12-13-11-9-7-5-3-1/h1-2,5,7-8,10,13H,3-4,6,9,11-12H2/b2-1-,7-5-,10-8-. The third-order valence-corrected chi connectivity index (χ3v) is 2.11. The average Bonchev–Trinajstić information content (AvgIpc) is 2.18. The van der Waals surface area contributed by atoms with Crippen LogP contribution in [0.3, 0.4) is 0 Å². The van der Waals surface area contributed by atoms with E-state index in [0.717, 1.165) is 12.8 Å². The lowest BCUT2D eigenvalue weighted by Gasteiger charge is -1.91. The van der Waals surface area contributed by atoms with E-state index in [2.05, 4.69) is 42.9 Å². The van der Waals surface area contributed by atoms with Crippen LogP contribution in [0.1, 0.15) is 38.5 Å². The van der Waals surface area contributed by atoms with Gasteiger partial charge in [-0.05, 0) is 44.9 Å². The van der Waals surface area contributed by atoms with Gasteiger partial charge in [0.2, 0.25) is 0 Å². The van der Waals surface area contributed by atoms with Crippen molar-refractivity contribution in [1.29, 1.82) is 0 Å². The van der Waals surface area contributed by atoms with Crippen molar-refractivity contribution in [1.82, 2.24) is 0 Å². The highest BCUT2D eigenvalue weighted by molar-refractivity contribution is 4.96. The Bertz CT molecular complexity index is 184. The molecule has 0 saturated carbocycles. The zero-order valence-electron chi connectivity index (χ0n) is 8.28. The molecular weight excluding hydrogens is 156 g/mol. The van der Waals surface area contributed by atoms with Crippen molar-refractivity contribution < 1.29 is 0 Å². The fourth-order valence-electron chi connectivity index (χ4n) is 1.34. The van der Waals surface area contributed by atoms with E-state index in [1.807, 2.05) is 0 Å². The van der Waals surface area contributed by atoms with Crippen LogP contribution in [0.5, 0.6) is 0 Å². The summed E-state index contributed by atoms with van der Waals surface area (Å²) in [6, 6.07) is 0. The van der Waals surface area contributed by atoms with Crippen LogP contribution in [-0.4, -0.2) is 0 Å². The predicted octanol–water partition coefficient (Wildman–Crippen LogP) is 4.21. The van der Waals surface area contributed by atoms with Crippen molar-refractivity contribution in [3.05, 3.63) is 42.9 Å². The lowest BCUT2D eigenvalue weighted by Crippen LogP contribution is -1.73. The Hall–Kier alpha value is -0.780. The molecule has 13 heavy (non-hydrogen) atoms. The van der Waals surface area contributed by atoms with Gasteiger partial charge < -0.3 is 0 Å². The quantitative estimate of drug-likeness (QED) is 0.484. The number of hydrogen-bond acceptors (Lipinski definition) is 0. The molecule has 0 fully saturated rings. The van der Waals surface area contributed by atoms with E-state index in [1.54, 1.807) is 0 Å². The predicted molar refractivity (Wildman–Crippen MR) is 59.4 cm³/mol. The van der Waals surface area contributed by atoms with Gasteiger partial charge >= 0.3 is 0 Å². The van der Waals surface area contributed by atoms with Crippen LogP contribution in [0.4, 0.5) is 0 Å². The molecule has 0 nitrogen and oxygen atoms in total. The zero-order valence-corrected chi connectivity index (χ0v) is 8.28. The van der Waals surface area contributed by atoms with Gasteiger partial charge in [0.05, 0.1) is 0 Å². The number of rotatable bonds is 0. The summed E-state index contributed by atoms with van der Waals surface area (Å²) in [4.78, 5) is 0. The molecule has 1 rings (SSSR count). The molecule has 71 valence electrons. The van der Waals surface area contributed by atoms with Crippen molar-refractivity contribution in [2.45, 2.75) is 38.5 Å². The second-order valence-electron chi connectivity index (χ2n) is 3.33. The molecule has 0 amide bonds. The summed E-state index contributed by atoms with van der Waals surface area (Å²) in [5.41, 5.74) is 0. The van der Waals surface area contributed by atoms with Crippen LogP contribution in [0.2, 0.25) is 0 Å². The summed E-state index contributed by atoms with van der Waals surface area (Å²) in [6.45, 7) is 0. The average molecular weight is 175 g/mol. The molecule has 0 aromatic carbocycles. The first-order chi connectivity index (χ1) is 6.50. The van der Waals surface area contributed by atoms with Gasteiger partial charge in [0.25, 0.3) is 0 Å². The lowest BCUT2D eigenvalue weighted by molar-refractivity contribution is 0.928. The van der Waals surface area contributed by atoms with Gasteiger partial charge in [-0.1, -0.05) is 36.5 Å². The van der Waals surface area contributed by atoms with Crippen LogP contribution in [0, 0.1) is 6.42 Å². The third kappa shape index (κ3) is 6.39. The van der Waals surface area contributed by atoms with Crippen LogP contribution < -0.4 is 0 Å². The minimum atomic E-state index is 1.10. The van der Waals surface area contributed by atoms with Crippen molar-refractivity contribution in [2.75, 3.05) is 0 Å². The van der Waals surface area contributed by atoms with E-state index in [-0.39, 0.29) is 0 Å². The summed E-state index contributed by atoms with van der Waals surface area (Å²) in [6.07, 6.45) is 23.0. The maximum Gasteiger partial charge on any atom is -0.0169 e. The van der Waals surface area contributed by atoms with E-state index in [9.17, 15) is 0 Å². The van der Waals surface area contributed by atoms with Gasteiger partial charge in [0.15, 0.2) is 0 Å². The molecule has 0 atom stereocenters. The summed E-state index contributed by atoms with van der Waals surface area (Å²) >= 11 is 0. The van der Waals surface area contributed by atoms with Crippen molar-refractivity contribution in [3.8, 4) is 0 Å². The Morgan fingerprint density at radius 1 is 0.462 bits per heavy atom. The van der Waals surface area contributed by atoms with Crippen LogP contribution in [0.25, 0.3) is 0 Å². The number of allylic oxidation sites excluding steroid dienone is 6. The summed E-state index contributed by atoms with van der Waals surface area (Å²) in [5.74, 6) is 0. The van der Waals surface area contributed by atoms with Gasteiger partial charge in [-0.15, -0.1) is 0 Å². The second kappa shape index (κ2) is 7.85. The molecule has 0 heteroatoms. The largest absolute Gasteiger partial charge is 0.0882 e. The van der Waals surface area contributed by atoms with Crippen molar-refractivity contribution in [3.63, 3.8) is 0 Å². The fourth-order valence-corrected chi connectivity index (χ4v) is 1.34. The highest BCUT2D eigenvalue weighted by atomic mass is 13.9. The first-order valence-electron chi connectivity index (χ1n) is 5.27. The van der Waals surface area contributed by atoms with Crippen molar-refractivity contribution in [2.24, 2.45) is 0 Å². The lowest BCUT2D eigenvalue weighted by atomic mass is 10.1. The number of hydrogen-bond donors (Lipinski definition) is 0. The first kappa shape index (κ1) is 10.3. The van der Waals surface area contributed by atoms with Crippen LogP contribution in [0.15, 0.2) is 36.5 Å². The molecule has 1 radical (unpaired) electrons.